The van der Waals surface area contributed by atoms with Gasteiger partial charge in [0.25, 0.3) is 0 Å². The molecule has 0 saturated carbocycles. The highest BCUT2D eigenvalue weighted by molar-refractivity contribution is 7.21. The first-order valence-corrected chi connectivity index (χ1v) is 9.15. The number of rotatable bonds is 2. The summed E-state index contributed by atoms with van der Waals surface area (Å²) >= 11 is 3.52. The Labute approximate surface area is 132 Å². The van der Waals surface area contributed by atoms with Crippen LogP contribution in [0.3, 0.4) is 0 Å². The van der Waals surface area contributed by atoms with Crippen molar-refractivity contribution in [3.05, 3.63) is 22.5 Å². The monoisotopic (exact) mass is 318 g/mol. The Balaban J connectivity index is 1.76. The third kappa shape index (κ3) is 2.54. The summed E-state index contributed by atoms with van der Waals surface area (Å²) < 4.78 is 8.87. The lowest BCUT2D eigenvalue weighted by Gasteiger charge is -2.17. The number of hydrogen-bond donors (Lipinski definition) is 1. The first-order valence-electron chi connectivity index (χ1n) is 7.46. The summed E-state index contributed by atoms with van der Waals surface area (Å²) in [4.78, 5) is 4.68. The van der Waals surface area contributed by atoms with E-state index in [1.165, 1.54) is 21.2 Å². The molecule has 1 atom stereocenters. The number of aromatic nitrogens is 1. The summed E-state index contributed by atoms with van der Waals surface area (Å²) in [5.74, 6) is 1.04. The molecule has 5 heteroatoms. The van der Waals surface area contributed by atoms with Crippen molar-refractivity contribution in [3.63, 3.8) is 0 Å². The average Bonchev–Trinajstić information content (AvgIpc) is 3.00. The van der Waals surface area contributed by atoms with E-state index in [1.54, 1.807) is 22.7 Å². The van der Waals surface area contributed by atoms with E-state index in [0.717, 1.165) is 42.2 Å². The van der Waals surface area contributed by atoms with Gasteiger partial charge in [-0.05, 0) is 50.7 Å². The first kappa shape index (κ1) is 13.5. The lowest BCUT2D eigenvalue weighted by Crippen LogP contribution is -2.19. The van der Waals surface area contributed by atoms with Crippen molar-refractivity contribution in [1.29, 1.82) is 0 Å². The van der Waals surface area contributed by atoms with Gasteiger partial charge < -0.3 is 10.1 Å². The number of hydrogen-bond acceptors (Lipinski definition) is 5. The van der Waals surface area contributed by atoms with E-state index in [0.29, 0.717) is 6.10 Å². The van der Waals surface area contributed by atoms with Crippen LogP contribution in [0.15, 0.2) is 17.5 Å². The minimum absolute atomic E-state index is 0.328. The molecule has 1 fully saturated rings. The van der Waals surface area contributed by atoms with Gasteiger partial charge in [0, 0.05) is 11.5 Å². The van der Waals surface area contributed by atoms with Crippen molar-refractivity contribution in [3.8, 4) is 5.75 Å². The number of benzene rings is 1. The van der Waals surface area contributed by atoms with Gasteiger partial charge in [-0.3, -0.25) is 0 Å². The van der Waals surface area contributed by atoms with Crippen LogP contribution < -0.4 is 10.1 Å². The van der Waals surface area contributed by atoms with Crippen molar-refractivity contribution < 1.29 is 4.74 Å². The molecule has 3 nitrogen and oxygen atoms in total. The van der Waals surface area contributed by atoms with Crippen LogP contribution >= 0.6 is 22.7 Å². The van der Waals surface area contributed by atoms with Crippen molar-refractivity contribution in [2.45, 2.75) is 32.3 Å². The fourth-order valence-corrected chi connectivity index (χ4v) is 4.80. The number of thiazole rings is 1. The van der Waals surface area contributed by atoms with Crippen LogP contribution in [0.5, 0.6) is 5.75 Å². The summed E-state index contributed by atoms with van der Waals surface area (Å²) in [5.41, 5.74) is 1.14. The first-order chi connectivity index (χ1) is 10.3. The average molecular weight is 318 g/mol. The van der Waals surface area contributed by atoms with E-state index in [1.807, 2.05) is 0 Å². The van der Waals surface area contributed by atoms with Gasteiger partial charge in [0.2, 0.25) is 0 Å². The van der Waals surface area contributed by atoms with Crippen molar-refractivity contribution in [2.75, 3.05) is 13.1 Å². The molecular weight excluding hydrogens is 300 g/mol. The molecule has 1 N–H and O–H groups in total. The minimum Gasteiger partial charge on any atom is -0.490 e. The number of fused-ring (bicyclic) bond motifs is 3. The van der Waals surface area contributed by atoms with Crippen molar-refractivity contribution in [1.82, 2.24) is 10.3 Å². The molecule has 1 aliphatic rings. The maximum atomic E-state index is 6.37. The molecule has 21 heavy (non-hydrogen) atoms. The molecule has 1 unspecified atom stereocenters. The smallest absolute Gasteiger partial charge is 0.129 e. The van der Waals surface area contributed by atoms with Gasteiger partial charge >= 0.3 is 0 Å². The van der Waals surface area contributed by atoms with Gasteiger partial charge in [-0.1, -0.05) is 0 Å². The van der Waals surface area contributed by atoms with Crippen LogP contribution in [-0.4, -0.2) is 24.2 Å². The number of ether oxygens (including phenoxy) is 1. The summed E-state index contributed by atoms with van der Waals surface area (Å²) in [5, 5.41) is 7.92. The molecule has 1 aromatic carbocycles. The quantitative estimate of drug-likeness (QED) is 0.763. The van der Waals surface area contributed by atoms with Crippen LogP contribution in [0.2, 0.25) is 0 Å². The van der Waals surface area contributed by atoms with Gasteiger partial charge in [-0.2, -0.15) is 0 Å². The Morgan fingerprint density at radius 1 is 1.33 bits per heavy atom. The maximum absolute atomic E-state index is 6.37. The minimum atomic E-state index is 0.328. The fraction of sp³-hybridized carbons (Fsp3) is 0.438. The molecule has 0 spiro atoms. The number of nitrogens with one attached hydrogen (secondary N) is 1. The molecular formula is C16H18N2OS2. The van der Waals surface area contributed by atoms with Crippen molar-refractivity contribution in [2.24, 2.45) is 0 Å². The summed E-state index contributed by atoms with van der Waals surface area (Å²) in [6.45, 7) is 4.24. The fourth-order valence-electron chi connectivity index (χ4n) is 2.97. The Morgan fingerprint density at radius 3 is 3.24 bits per heavy atom. The molecule has 0 radical (unpaired) electrons. The van der Waals surface area contributed by atoms with Gasteiger partial charge in [-0.15, -0.1) is 22.7 Å². The predicted octanol–water partition coefficient (Wildman–Crippen LogP) is 4.34. The topological polar surface area (TPSA) is 34.1 Å². The van der Waals surface area contributed by atoms with Crippen LogP contribution in [-0.2, 0) is 0 Å². The number of aryl methyl sites for hydroxylation is 1. The second-order valence-electron chi connectivity index (χ2n) is 5.54. The highest BCUT2D eigenvalue weighted by Gasteiger charge is 2.17. The van der Waals surface area contributed by atoms with E-state index >= 15 is 0 Å². The summed E-state index contributed by atoms with van der Waals surface area (Å²) in [7, 11) is 0. The van der Waals surface area contributed by atoms with Crippen LogP contribution in [0.4, 0.5) is 0 Å². The van der Waals surface area contributed by atoms with E-state index in [2.05, 4.69) is 34.7 Å². The molecule has 0 aliphatic carbocycles. The van der Waals surface area contributed by atoms with Gasteiger partial charge in [0.15, 0.2) is 0 Å². The second-order valence-corrected chi connectivity index (χ2v) is 7.69. The third-order valence-electron chi connectivity index (χ3n) is 3.98. The van der Waals surface area contributed by atoms with Crippen LogP contribution in [0.1, 0.15) is 24.3 Å². The lowest BCUT2D eigenvalue weighted by molar-refractivity contribution is 0.190. The number of thiophene rings is 1. The molecule has 1 aliphatic heterocycles. The molecule has 1 saturated heterocycles. The van der Waals surface area contributed by atoms with Gasteiger partial charge in [0.1, 0.15) is 5.75 Å². The standard InChI is InChI=1S/C16H18N2OS2/c1-10-18-15-14(21-10)9-13(12-5-8-20-16(12)15)19-11-3-2-6-17-7-4-11/h5,8-9,11,17H,2-4,6-7H2,1H3. The molecule has 3 aromatic rings. The molecule has 110 valence electrons. The van der Waals surface area contributed by atoms with E-state index in [-0.39, 0.29) is 0 Å². The number of nitrogens with zero attached hydrogens (tertiary/aromatic N) is 1. The lowest BCUT2D eigenvalue weighted by atomic mass is 10.1. The zero-order valence-corrected chi connectivity index (χ0v) is 13.6. The van der Waals surface area contributed by atoms with Crippen LogP contribution in [0, 0.1) is 6.92 Å². The summed E-state index contributed by atoms with van der Waals surface area (Å²) in [6, 6.07) is 4.35. The Kier molecular flexibility index (Phi) is 3.57. The maximum Gasteiger partial charge on any atom is 0.129 e. The Bertz CT molecular complexity index is 769. The predicted molar refractivity (Wildman–Crippen MR) is 90.9 cm³/mol. The Morgan fingerprint density at radius 2 is 2.29 bits per heavy atom. The zero-order valence-electron chi connectivity index (χ0n) is 12.0. The van der Waals surface area contributed by atoms with Crippen LogP contribution in [0.25, 0.3) is 20.3 Å². The highest BCUT2D eigenvalue weighted by Crippen LogP contribution is 2.39. The second kappa shape index (κ2) is 5.55. The molecule has 0 bridgehead atoms. The SMILES string of the molecule is Cc1nc2c(cc(OC3CCCNCC3)c3ccsc32)s1. The molecule has 2 aromatic heterocycles. The van der Waals surface area contributed by atoms with E-state index in [4.69, 9.17) is 4.74 Å². The van der Waals surface area contributed by atoms with E-state index in [9.17, 15) is 0 Å². The Hall–Kier alpha value is -1.17. The largest absolute Gasteiger partial charge is 0.490 e. The molecule has 4 rings (SSSR count). The summed E-state index contributed by atoms with van der Waals surface area (Å²) in [6.07, 6.45) is 3.75. The third-order valence-corrected chi connectivity index (χ3v) is 5.82. The zero-order chi connectivity index (χ0) is 14.2. The highest BCUT2D eigenvalue weighted by atomic mass is 32.1. The molecule has 0 amide bonds. The van der Waals surface area contributed by atoms with E-state index < -0.39 is 0 Å². The van der Waals surface area contributed by atoms with Gasteiger partial charge in [-0.25, -0.2) is 4.98 Å². The molecule has 3 heterocycles. The van der Waals surface area contributed by atoms with Crippen molar-refractivity contribution >= 4 is 43.0 Å². The van der Waals surface area contributed by atoms with Gasteiger partial charge in [0.05, 0.1) is 26.0 Å². The normalized spacial score (nSPS) is 20.0.